The van der Waals surface area contributed by atoms with Crippen molar-refractivity contribution in [3.8, 4) is 5.75 Å². The summed E-state index contributed by atoms with van der Waals surface area (Å²) in [7, 11) is 1.64. The molecule has 2 aromatic rings. The lowest BCUT2D eigenvalue weighted by atomic mass is 10.0. The molecule has 0 aliphatic heterocycles. The molecule has 0 saturated carbocycles. The van der Waals surface area contributed by atoms with Crippen LogP contribution in [-0.4, -0.2) is 13.0 Å². The quantitative estimate of drug-likeness (QED) is 0.805. The number of anilines is 1. The molecule has 4 heteroatoms. The summed E-state index contributed by atoms with van der Waals surface area (Å²) < 4.78 is 5.15. The van der Waals surface area contributed by atoms with Crippen LogP contribution in [0.5, 0.6) is 5.75 Å². The molecule has 2 aromatic carbocycles. The van der Waals surface area contributed by atoms with E-state index in [0.717, 1.165) is 23.3 Å². The van der Waals surface area contributed by atoms with Gasteiger partial charge in [-0.2, -0.15) is 0 Å². The van der Waals surface area contributed by atoms with Gasteiger partial charge in [-0.05, 0) is 41.8 Å². The molecule has 1 unspecified atom stereocenters. The van der Waals surface area contributed by atoms with Gasteiger partial charge in [0.05, 0.1) is 19.6 Å². The molecule has 0 saturated heterocycles. The minimum atomic E-state index is -0.00623. The van der Waals surface area contributed by atoms with Gasteiger partial charge in [0, 0.05) is 5.69 Å². The second kappa shape index (κ2) is 7.50. The number of amides is 1. The molecule has 0 heterocycles. The monoisotopic (exact) mass is 298 g/mol. The molecule has 0 spiro atoms. The predicted molar refractivity (Wildman–Crippen MR) is 88.7 cm³/mol. The van der Waals surface area contributed by atoms with Gasteiger partial charge >= 0.3 is 0 Å². The molecule has 0 aliphatic rings. The molecule has 0 aliphatic carbocycles. The van der Waals surface area contributed by atoms with Crippen molar-refractivity contribution in [2.45, 2.75) is 25.8 Å². The van der Waals surface area contributed by atoms with Crippen LogP contribution in [0.15, 0.2) is 48.5 Å². The zero-order valence-electron chi connectivity index (χ0n) is 13.0. The number of methoxy groups -OCH3 is 1. The van der Waals surface area contributed by atoms with Gasteiger partial charge in [-0.25, -0.2) is 0 Å². The molecule has 1 amide bonds. The number of benzene rings is 2. The number of ether oxygens (including phenoxy) is 1. The second-order valence-corrected chi connectivity index (χ2v) is 5.22. The van der Waals surface area contributed by atoms with Crippen LogP contribution in [0.3, 0.4) is 0 Å². The first-order valence-electron chi connectivity index (χ1n) is 7.40. The van der Waals surface area contributed by atoms with E-state index in [0.29, 0.717) is 12.1 Å². The number of carbonyl (C=O) groups excluding carboxylic acids is 1. The maximum absolute atomic E-state index is 12.2. The molecule has 1 atom stereocenters. The van der Waals surface area contributed by atoms with E-state index in [1.807, 2.05) is 48.5 Å². The summed E-state index contributed by atoms with van der Waals surface area (Å²) in [4.78, 5) is 12.2. The normalized spacial score (nSPS) is 11.7. The molecule has 3 N–H and O–H groups in total. The summed E-state index contributed by atoms with van der Waals surface area (Å²) in [5, 5.41) is 3.07. The third kappa shape index (κ3) is 4.25. The van der Waals surface area contributed by atoms with Crippen molar-refractivity contribution in [2.75, 3.05) is 12.8 Å². The third-order valence-corrected chi connectivity index (χ3v) is 3.58. The number of nitrogen functional groups attached to an aromatic ring is 1. The number of rotatable bonds is 6. The van der Waals surface area contributed by atoms with E-state index in [9.17, 15) is 4.79 Å². The number of nitrogens with one attached hydrogen (secondary N) is 1. The van der Waals surface area contributed by atoms with Crippen molar-refractivity contribution in [1.29, 1.82) is 0 Å². The highest BCUT2D eigenvalue weighted by Gasteiger charge is 2.13. The fourth-order valence-corrected chi connectivity index (χ4v) is 2.39. The Morgan fingerprint density at radius 3 is 2.55 bits per heavy atom. The topological polar surface area (TPSA) is 64.4 Å². The summed E-state index contributed by atoms with van der Waals surface area (Å²) >= 11 is 0. The van der Waals surface area contributed by atoms with E-state index in [-0.39, 0.29) is 11.9 Å². The first kappa shape index (κ1) is 15.9. The number of hydrogen-bond donors (Lipinski definition) is 2. The van der Waals surface area contributed by atoms with Crippen LogP contribution in [-0.2, 0) is 11.2 Å². The lowest BCUT2D eigenvalue weighted by molar-refractivity contribution is -0.121. The fourth-order valence-electron chi connectivity index (χ4n) is 2.39. The van der Waals surface area contributed by atoms with Gasteiger partial charge in [0.2, 0.25) is 5.91 Å². The van der Waals surface area contributed by atoms with Crippen LogP contribution in [0.1, 0.15) is 30.5 Å². The van der Waals surface area contributed by atoms with Crippen LogP contribution >= 0.6 is 0 Å². The average molecular weight is 298 g/mol. The maximum atomic E-state index is 12.2. The Hall–Kier alpha value is -2.49. The van der Waals surface area contributed by atoms with Crippen molar-refractivity contribution in [3.63, 3.8) is 0 Å². The van der Waals surface area contributed by atoms with E-state index in [1.165, 1.54) is 0 Å². The molecule has 116 valence electrons. The van der Waals surface area contributed by atoms with Gasteiger partial charge in [-0.3, -0.25) is 4.79 Å². The number of nitrogens with two attached hydrogens (primary N) is 1. The Bertz CT molecular complexity index is 623. The summed E-state index contributed by atoms with van der Waals surface area (Å²) in [5.74, 6) is 0.804. The fraction of sp³-hybridized carbons (Fsp3) is 0.278. The van der Waals surface area contributed by atoms with Crippen molar-refractivity contribution >= 4 is 11.6 Å². The van der Waals surface area contributed by atoms with Crippen LogP contribution in [0.2, 0.25) is 0 Å². The maximum Gasteiger partial charge on any atom is 0.224 e. The first-order chi connectivity index (χ1) is 10.6. The Balaban J connectivity index is 2.01. The number of carbonyl (C=O) groups is 1. The highest BCUT2D eigenvalue weighted by molar-refractivity contribution is 5.79. The van der Waals surface area contributed by atoms with Crippen LogP contribution < -0.4 is 15.8 Å². The molecule has 0 radical (unpaired) electrons. The molecular formula is C18H22N2O2. The van der Waals surface area contributed by atoms with Gasteiger partial charge in [0.25, 0.3) is 0 Å². The van der Waals surface area contributed by atoms with E-state index in [4.69, 9.17) is 10.5 Å². The Morgan fingerprint density at radius 2 is 1.95 bits per heavy atom. The van der Waals surface area contributed by atoms with Crippen LogP contribution in [0, 0.1) is 0 Å². The Labute approximate surface area is 131 Å². The molecule has 0 fully saturated rings. The lowest BCUT2D eigenvalue weighted by Gasteiger charge is -2.18. The highest BCUT2D eigenvalue weighted by Crippen LogP contribution is 2.20. The summed E-state index contributed by atoms with van der Waals surface area (Å²) in [6, 6.07) is 15.2. The van der Waals surface area contributed by atoms with E-state index < -0.39 is 0 Å². The summed E-state index contributed by atoms with van der Waals surface area (Å²) in [5.41, 5.74) is 8.40. The van der Waals surface area contributed by atoms with Gasteiger partial charge in [-0.1, -0.05) is 31.2 Å². The lowest BCUT2D eigenvalue weighted by Crippen LogP contribution is -2.29. The second-order valence-electron chi connectivity index (χ2n) is 5.22. The van der Waals surface area contributed by atoms with Gasteiger partial charge in [0.1, 0.15) is 5.75 Å². The largest absolute Gasteiger partial charge is 0.497 e. The van der Waals surface area contributed by atoms with Crippen molar-refractivity contribution in [2.24, 2.45) is 0 Å². The van der Waals surface area contributed by atoms with Crippen LogP contribution in [0.4, 0.5) is 5.69 Å². The number of hydrogen-bond acceptors (Lipinski definition) is 3. The van der Waals surface area contributed by atoms with Gasteiger partial charge < -0.3 is 15.8 Å². The summed E-state index contributed by atoms with van der Waals surface area (Å²) in [6.45, 7) is 2.05. The summed E-state index contributed by atoms with van der Waals surface area (Å²) in [6.07, 6.45) is 1.16. The predicted octanol–water partition coefficient (Wildman–Crippen LogP) is 3.09. The SMILES string of the molecule is CCC(NC(=O)Cc1cccc(N)c1)c1ccc(OC)cc1. The Morgan fingerprint density at radius 1 is 1.23 bits per heavy atom. The van der Waals surface area contributed by atoms with E-state index >= 15 is 0 Å². The smallest absolute Gasteiger partial charge is 0.224 e. The highest BCUT2D eigenvalue weighted by atomic mass is 16.5. The third-order valence-electron chi connectivity index (χ3n) is 3.58. The zero-order valence-corrected chi connectivity index (χ0v) is 13.0. The minimum Gasteiger partial charge on any atom is -0.497 e. The minimum absolute atomic E-state index is 0.000495. The van der Waals surface area contributed by atoms with Crippen molar-refractivity contribution in [3.05, 3.63) is 59.7 Å². The van der Waals surface area contributed by atoms with Crippen LogP contribution in [0.25, 0.3) is 0 Å². The van der Waals surface area contributed by atoms with E-state index in [2.05, 4.69) is 12.2 Å². The van der Waals surface area contributed by atoms with Gasteiger partial charge in [-0.15, -0.1) is 0 Å². The van der Waals surface area contributed by atoms with Crippen molar-refractivity contribution in [1.82, 2.24) is 5.32 Å². The molecular weight excluding hydrogens is 276 g/mol. The molecule has 0 bridgehead atoms. The zero-order chi connectivity index (χ0) is 15.9. The average Bonchev–Trinajstić information content (AvgIpc) is 2.53. The molecule has 0 aromatic heterocycles. The standard InChI is InChI=1S/C18H22N2O2/c1-3-17(14-7-9-16(22-2)10-8-14)20-18(21)12-13-5-4-6-15(19)11-13/h4-11,17H,3,12,19H2,1-2H3,(H,20,21). The molecule has 2 rings (SSSR count). The van der Waals surface area contributed by atoms with Crippen molar-refractivity contribution < 1.29 is 9.53 Å². The Kier molecular flexibility index (Phi) is 5.42. The molecule has 22 heavy (non-hydrogen) atoms. The van der Waals surface area contributed by atoms with E-state index in [1.54, 1.807) is 7.11 Å². The van der Waals surface area contributed by atoms with Gasteiger partial charge in [0.15, 0.2) is 0 Å². The molecule has 4 nitrogen and oxygen atoms in total. The first-order valence-corrected chi connectivity index (χ1v) is 7.40.